The number of benzene rings is 1. The van der Waals surface area contributed by atoms with Crippen LogP contribution < -0.4 is 9.47 Å². The molecule has 0 N–H and O–H groups in total. The molecular weight excluding hydrogens is 330 g/mol. The molecule has 1 unspecified atom stereocenters. The summed E-state index contributed by atoms with van der Waals surface area (Å²) in [5.41, 5.74) is 1.02. The quantitative estimate of drug-likeness (QED) is 0.816. The number of nitrogens with zero attached hydrogens (tertiary/aromatic N) is 3. The van der Waals surface area contributed by atoms with E-state index in [4.69, 9.17) is 9.47 Å². The number of sulfonamides is 1. The van der Waals surface area contributed by atoms with Crippen LogP contribution in [-0.4, -0.2) is 49.0 Å². The Bertz CT molecular complexity index is 808. The van der Waals surface area contributed by atoms with Crippen molar-refractivity contribution in [3.05, 3.63) is 42.2 Å². The van der Waals surface area contributed by atoms with E-state index in [1.54, 1.807) is 24.3 Å². The van der Waals surface area contributed by atoms with E-state index in [0.29, 0.717) is 29.6 Å². The number of hydrogen-bond acceptors (Lipinski definition) is 6. The Hall–Kier alpha value is -2.19. The van der Waals surface area contributed by atoms with Gasteiger partial charge in [-0.1, -0.05) is 17.7 Å². The molecule has 1 aliphatic heterocycles. The predicted molar refractivity (Wildman–Crippen MR) is 87.6 cm³/mol. The number of aryl methyl sites for hydroxylation is 1. The number of rotatable bonds is 5. The highest BCUT2D eigenvalue weighted by Gasteiger charge is 2.33. The van der Waals surface area contributed by atoms with Gasteiger partial charge in [0.2, 0.25) is 21.8 Å². The van der Waals surface area contributed by atoms with Gasteiger partial charge in [0.15, 0.2) is 0 Å². The van der Waals surface area contributed by atoms with E-state index in [2.05, 4.69) is 9.97 Å². The summed E-state index contributed by atoms with van der Waals surface area (Å²) in [7, 11) is -2.00. The smallest absolute Gasteiger partial charge is 0.243 e. The third kappa shape index (κ3) is 3.49. The Balaban J connectivity index is 1.69. The summed E-state index contributed by atoms with van der Waals surface area (Å²) in [4.78, 5) is 8.41. The molecule has 7 nitrogen and oxygen atoms in total. The molecule has 1 aromatic carbocycles. The Labute approximate surface area is 141 Å². The monoisotopic (exact) mass is 349 g/mol. The van der Waals surface area contributed by atoms with Crippen molar-refractivity contribution in [2.45, 2.75) is 24.3 Å². The lowest BCUT2D eigenvalue weighted by Gasteiger charge is -2.17. The lowest BCUT2D eigenvalue weighted by Crippen LogP contribution is -2.31. The molecule has 1 aromatic heterocycles. The fourth-order valence-electron chi connectivity index (χ4n) is 2.53. The van der Waals surface area contributed by atoms with Gasteiger partial charge in [-0.3, -0.25) is 4.98 Å². The second kappa shape index (κ2) is 6.74. The lowest BCUT2D eigenvalue weighted by atomic mass is 10.2. The van der Waals surface area contributed by atoms with E-state index >= 15 is 0 Å². The fraction of sp³-hybridized carbons (Fsp3) is 0.375. The van der Waals surface area contributed by atoms with Gasteiger partial charge in [-0.2, -0.15) is 9.29 Å². The zero-order valence-corrected chi connectivity index (χ0v) is 14.4. The van der Waals surface area contributed by atoms with Gasteiger partial charge in [0.1, 0.15) is 6.10 Å². The molecule has 1 saturated heterocycles. The Morgan fingerprint density at radius 2 is 1.88 bits per heavy atom. The molecule has 3 rings (SSSR count). The maximum atomic E-state index is 12.7. The third-order valence-electron chi connectivity index (χ3n) is 3.85. The van der Waals surface area contributed by atoms with Crippen LogP contribution in [0.15, 0.2) is 41.6 Å². The number of hydrogen-bond donors (Lipinski definition) is 0. The zero-order valence-electron chi connectivity index (χ0n) is 13.5. The highest BCUT2D eigenvalue weighted by Crippen LogP contribution is 2.24. The van der Waals surface area contributed by atoms with E-state index in [-0.39, 0.29) is 12.6 Å². The SMILES string of the molecule is COc1cncc(OC2CCN(S(=O)(=O)c3ccc(C)cc3)C2)n1. The van der Waals surface area contributed by atoms with Crippen LogP contribution in [0.25, 0.3) is 0 Å². The first-order valence-corrected chi connectivity index (χ1v) is 9.02. The average Bonchev–Trinajstić information content (AvgIpc) is 3.05. The van der Waals surface area contributed by atoms with E-state index in [1.807, 2.05) is 6.92 Å². The Kier molecular flexibility index (Phi) is 4.68. The van der Waals surface area contributed by atoms with Crippen LogP contribution in [0.3, 0.4) is 0 Å². The average molecular weight is 349 g/mol. The highest BCUT2D eigenvalue weighted by atomic mass is 32.2. The van der Waals surface area contributed by atoms with Crippen LogP contribution in [0.1, 0.15) is 12.0 Å². The lowest BCUT2D eigenvalue weighted by molar-refractivity contribution is 0.203. The van der Waals surface area contributed by atoms with E-state index in [9.17, 15) is 8.42 Å². The molecule has 8 heteroatoms. The minimum Gasteiger partial charge on any atom is -0.480 e. The zero-order chi connectivity index (χ0) is 17.2. The number of aromatic nitrogens is 2. The van der Waals surface area contributed by atoms with Crippen molar-refractivity contribution in [1.82, 2.24) is 14.3 Å². The van der Waals surface area contributed by atoms with Crippen molar-refractivity contribution >= 4 is 10.0 Å². The maximum Gasteiger partial charge on any atom is 0.243 e. The van der Waals surface area contributed by atoms with Crippen molar-refractivity contribution in [1.29, 1.82) is 0 Å². The molecule has 2 heterocycles. The van der Waals surface area contributed by atoms with E-state index in [0.717, 1.165) is 5.56 Å². The number of ether oxygens (including phenoxy) is 2. The largest absolute Gasteiger partial charge is 0.480 e. The molecule has 0 amide bonds. The minimum atomic E-state index is -3.50. The summed E-state index contributed by atoms with van der Waals surface area (Å²) >= 11 is 0. The summed E-state index contributed by atoms with van der Waals surface area (Å²) in [6, 6.07) is 6.85. The van der Waals surface area contributed by atoms with Crippen LogP contribution in [-0.2, 0) is 10.0 Å². The van der Waals surface area contributed by atoms with Gasteiger partial charge in [0.05, 0.1) is 30.9 Å². The second-order valence-corrected chi connectivity index (χ2v) is 7.54. The van der Waals surface area contributed by atoms with Crippen LogP contribution >= 0.6 is 0 Å². The standard InChI is InChI=1S/C16H19N3O4S/c1-12-3-5-14(6-4-12)24(20,21)19-8-7-13(11-19)23-16-10-17-9-15(18-16)22-2/h3-6,9-10,13H,7-8,11H2,1-2H3. The normalized spacial score (nSPS) is 18.5. The van der Waals surface area contributed by atoms with Gasteiger partial charge in [-0.15, -0.1) is 0 Å². The Morgan fingerprint density at radius 3 is 2.58 bits per heavy atom. The molecule has 0 aliphatic carbocycles. The van der Waals surface area contributed by atoms with E-state index < -0.39 is 10.0 Å². The molecular formula is C16H19N3O4S. The van der Waals surface area contributed by atoms with Crippen molar-refractivity contribution in [3.63, 3.8) is 0 Å². The van der Waals surface area contributed by atoms with Crippen molar-refractivity contribution < 1.29 is 17.9 Å². The van der Waals surface area contributed by atoms with E-state index in [1.165, 1.54) is 23.8 Å². The molecule has 1 fully saturated rings. The molecule has 1 atom stereocenters. The van der Waals surface area contributed by atoms with Crippen molar-refractivity contribution in [2.75, 3.05) is 20.2 Å². The van der Waals surface area contributed by atoms with Crippen molar-refractivity contribution in [2.24, 2.45) is 0 Å². The van der Waals surface area contributed by atoms with Gasteiger partial charge in [0.25, 0.3) is 0 Å². The topological polar surface area (TPSA) is 81.6 Å². The fourth-order valence-corrected chi connectivity index (χ4v) is 4.01. The summed E-state index contributed by atoms with van der Waals surface area (Å²) < 4.78 is 37.5. The van der Waals surface area contributed by atoms with Crippen LogP contribution in [0, 0.1) is 6.92 Å². The van der Waals surface area contributed by atoms with Gasteiger partial charge in [-0.05, 0) is 25.5 Å². The molecule has 0 spiro atoms. The van der Waals surface area contributed by atoms with Crippen LogP contribution in [0.4, 0.5) is 0 Å². The summed E-state index contributed by atoms with van der Waals surface area (Å²) in [5.74, 6) is 0.684. The van der Waals surface area contributed by atoms with Gasteiger partial charge in [-0.25, -0.2) is 8.42 Å². The first-order valence-electron chi connectivity index (χ1n) is 7.58. The maximum absolute atomic E-state index is 12.7. The van der Waals surface area contributed by atoms with Gasteiger partial charge < -0.3 is 9.47 Å². The first kappa shape index (κ1) is 16.7. The molecule has 0 bridgehead atoms. The predicted octanol–water partition coefficient (Wildman–Crippen LogP) is 1.64. The first-order chi connectivity index (χ1) is 11.5. The summed E-state index contributed by atoms with van der Waals surface area (Å²) in [5, 5.41) is 0. The molecule has 2 aromatic rings. The van der Waals surface area contributed by atoms with Crippen LogP contribution in [0.2, 0.25) is 0 Å². The Morgan fingerprint density at radius 1 is 1.17 bits per heavy atom. The van der Waals surface area contributed by atoms with Gasteiger partial charge in [0, 0.05) is 6.54 Å². The van der Waals surface area contributed by atoms with Crippen molar-refractivity contribution in [3.8, 4) is 11.8 Å². The molecule has 0 saturated carbocycles. The third-order valence-corrected chi connectivity index (χ3v) is 5.73. The van der Waals surface area contributed by atoms with Gasteiger partial charge >= 0.3 is 0 Å². The van der Waals surface area contributed by atoms with Crippen LogP contribution in [0.5, 0.6) is 11.8 Å². The second-order valence-electron chi connectivity index (χ2n) is 5.60. The molecule has 128 valence electrons. The molecule has 0 radical (unpaired) electrons. The number of methoxy groups -OCH3 is 1. The minimum absolute atomic E-state index is 0.258. The molecule has 24 heavy (non-hydrogen) atoms. The summed E-state index contributed by atoms with van der Waals surface area (Å²) in [6.07, 6.45) is 3.31. The summed E-state index contributed by atoms with van der Waals surface area (Å²) in [6.45, 7) is 2.62. The highest BCUT2D eigenvalue weighted by molar-refractivity contribution is 7.89. The molecule has 1 aliphatic rings.